The van der Waals surface area contributed by atoms with Gasteiger partial charge in [0.2, 0.25) is 5.91 Å². The molecule has 1 aliphatic heterocycles. The van der Waals surface area contributed by atoms with Crippen molar-refractivity contribution in [3.8, 4) is 6.07 Å². The number of hydrogen-bond donors (Lipinski definition) is 0. The van der Waals surface area contributed by atoms with Crippen LogP contribution in [0.15, 0.2) is 18.3 Å². The van der Waals surface area contributed by atoms with Gasteiger partial charge < -0.3 is 4.90 Å². The van der Waals surface area contributed by atoms with E-state index in [0.29, 0.717) is 12.2 Å². The van der Waals surface area contributed by atoms with Gasteiger partial charge in [-0.05, 0) is 30.5 Å². The number of nitriles is 1. The second-order valence-corrected chi connectivity index (χ2v) is 4.46. The van der Waals surface area contributed by atoms with Crippen LogP contribution >= 0.6 is 0 Å². The van der Waals surface area contributed by atoms with Gasteiger partial charge in [0.1, 0.15) is 11.8 Å². The molecule has 1 atom stereocenters. The molecule has 0 radical (unpaired) electrons. The zero-order valence-electron chi connectivity index (χ0n) is 9.89. The Kier molecular flexibility index (Phi) is 3.38. The Labute approximate surface area is 101 Å². The summed E-state index contributed by atoms with van der Waals surface area (Å²) in [7, 11) is 0. The second-order valence-electron chi connectivity index (χ2n) is 4.46. The summed E-state index contributed by atoms with van der Waals surface area (Å²) in [5.41, 5.74) is 1.37. The smallest absolute Gasteiger partial charge is 0.225 e. The molecule has 2 rings (SSSR count). The highest BCUT2D eigenvalue weighted by Crippen LogP contribution is 2.19. The molecule has 1 aromatic rings. The van der Waals surface area contributed by atoms with Gasteiger partial charge in [-0.15, -0.1) is 0 Å². The summed E-state index contributed by atoms with van der Waals surface area (Å²) < 4.78 is 0. The lowest BCUT2D eigenvalue weighted by molar-refractivity contribution is -0.138. The van der Waals surface area contributed by atoms with Crippen LogP contribution in [0.25, 0.3) is 0 Å². The summed E-state index contributed by atoms with van der Waals surface area (Å²) in [6.07, 6.45) is 3.66. The van der Waals surface area contributed by atoms with Crippen molar-refractivity contribution in [1.29, 1.82) is 5.26 Å². The van der Waals surface area contributed by atoms with E-state index in [1.807, 2.05) is 24.0 Å². The molecule has 1 amide bonds. The molecule has 1 unspecified atom stereocenters. The first-order valence-electron chi connectivity index (χ1n) is 5.84. The number of nitrogens with zero attached hydrogens (tertiary/aromatic N) is 3. The largest absolute Gasteiger partial charge is 0.338 e. The van der Waals surface area contributed by atoms with E-state index in [-0.39, 0.29) is 11.8 Å². The van der Waals surface area contributed by atoms with Crippen molar-refractivity contribution in [3.05, 3.63) is 29.6 Å². The average Bonchev–Trinajstić information content (AvgIpc) is 2.35. The lowest BCUT2D eigenvalue weighted by Gasteiger charge is -2.30. The summed E-state index contributed by atoms with van der Waals surface area (Å²) in [5.74, 6) is 0.340. The number of piperidine rings is 1. The van der Waals surface area contributed by atoms with Crippen molar-refractivity contribution in [2.75, 3.05) is 6.54 Å². The number of likely N-dealkylation sites (tertiary alicyclic amines) is 1. The van der Waals surface area contributed by atoms with Gasteiger partial charge in [0.15, 0.2) is 0 Å². The SMILES string of the molecule is CC1CCCN(Cc2ccnc(C#N)c2)C1=O. The van der Waals surface area contributed by atoms with E-state index in [2.05, 4.69) is 4.98 Å². The fourth-order valence-electron chi connectivity index (χ4n) is 2.14. The average molecular weight is 229 g/mol. The number of rotatable bonds is 2. The fourth-order valence-corrected chi connectivity index (χ4v) is 2.14. The maximum atomic E-state index is 11.9. The lowest BCUT2D eigenvalue weighted by atomic mass is 9.99. The van der Waals surface area contributed by atoms with Crippen molar-refractivity contribution in [2.45, 2.75) is 26.3 Å². The highest BCUT2D eigenvalue weighted by Gasteiger charge is 2.24. The minimum absolute atomic E-state index is 0.126. The molecule has 88 valence electrons. The Morgan fingerprint density at radius 2 is 2.47 bits per heavy atom. The molecule has 0 saturated carbocycles. The summed E-state index contributed by atoms with van der Waals surface area (Å²) in [6, 6.07) is 5.61. The zero-order valence-corrected chi connectivity index (χ0v) is 9.89. The highest BCUT2D eigenvalue weighted by atomic mass is 16.2. The molecular formula is C13H15N3O. The monoisotopic (exact) mass is 229 g/mol. The molecule has 17 heavy (non-hydrogen) atoms. The molecule has 4 heteroatoms. The molecule has 1 saturated heterocycles. The van der Waals surface area contributed by atoms with Crippen molar-refractivity contribution >= 4 is 5.91 Å². The van der Waals surface area contributed by atoms with Gasteiger partial charge in [-0.25, -0.2) is 4.98 Å². The topological polar surface area (TPSA) is 57.0 Å². The van der Waals surface area contributed by atoms with Crippen LogP contribution in [0.4, 0.5) is 0 Å². The van der Waals surface area contributed by atoms with Crippen LogP contribution in [0.1, 0.15) is 31.0 Å². The first kappa shape index (κ1) is 11.6. The van der Waals surface area contributed by atoms with Crippen LogP contribution in [-0.2, 0) is 11.3 Å². The predicted octanol–water partition coefficient (Wildman–Crippen LogP) is 1.71. The fraction of sp³-hybridized carbons (Fsp3) is 0.462. The summed E-state index contributed by atoms with van der Waals surface area (Å²) in [6.45, 7) is 3.37. The third-order valence-electron chi connectivity index (χ3n) is 3.11. The van der Waals surface area contributed by atoms with Crippen LogP contribution in [-0.4, -0.2) is 22.3 Å². The predicted molar refractivity (Wildman–Crippen MR) is 62.8 cm³/mol. The molecule has 0 aliphatic carbocycles. The minimum atomic E-state index is 0.126. The molecule has 1 aromatic heterocycles. The van der Waals surface area contributed by atoms with Gasteiger partial charge in [0.25, 0.3) is 0 Å². The number of carbonyl (C=O) groups is 1. The van der Waals surface area contributed by atoms with Gasteiger partial charge in [-0.1, -0.05) is 6.92 Å². The lowest BCUT2D eigenvalue weighted by Crippen LogP contribution is -2.39. The number of aromatic nitrogens is 1. The van der Waals surface area contributed by atoms with Gasteiger partial charge in [0.05, 0.1) is 0 Å². The number of carbonyl (C=O) groups excluding carboxylic acids is 1. The number of amides is 1. The van der Waals surface area contributed by atoms with E-state index in [9.17, 15) is 4.79 Å². The Balaban J connectivity index is 2.10. The molecule has 2 heterocycles. The van der Waals surface area contributed by atoms with Crippen LogP contribution in [0.2, 0.25) is 0 Å². The quantitative estimate of drug-likeness (QED) is 0.775. The molecule has 1 fully saturated rings. The number of hydrogen-bond acceptors (Lipinski definition) is 3. The van der Waals surface area contributed by atoms with Crippen LogP contribution < -0.4 is 0 Å². The Morgan fingerprint density at radius 1 is 1.65 bits per heavy atom. The molecule has 4 nitrogen and oxygen atoms in total. The third kappa shape index (κ3) is 2.62. The summed E-state index contributed by atoms with van der Waals surface area (Å²) in [5, 5.41) is 8.77. The number of pyridine rings is 1. The van der Waals surface area contributed by atoms with Gasteiger partial charge in [-0.2, -0.15) is 5.26 Å². The minimum Gasteiger partial charge on any atom is -0.338 e. The van der Waals surface area contributed by atoms with Crippen molar-refractivity contribution in [1.82, 2.24) is 9.88 Å². The van der Waals surface area contributed by atoms with E-state index in [0.717, 1.165) is 24.9 Å². The Hall–Kier alpha value is -1.89. The molecule has 0 aromatic carbocycles. The van der Waals surface area contributed by atoms with Crippen LogP contribution in [0.3, 0.4) is 0 Å². The van der Waals surface area contributed by atoms with E-state index in [1.54, 1.807) is 12.3 Å². The summed E-state index contributed by atoms with van der Waals surface area (Å²) in [4.78, 5) is 17.7. The Morgan fingerprint density at radius 3 is 3.24 bits per heavy atom. The van der Waals surface area contributed by atoms with Crippen LogP contribution in [0, 0.1) is 17.2 Å². The first-order valence-corrected chi connectivity index (χ1v) is 5.84. The van der Waals surface area contributed by atoms with Gasteiger partial charge in [-0.3, -0.25) is 4.79 Å². The van der Waals surface area contributed by atoms with Gasteiger partial charge in [0, 0.05) is 25.2 Å². The normalized spacial score (nSPS) is 20.1. The van der Waals surface area contributed by atoms with E-state index >= 15 is 0 Å². The van der Waals surface area contributed by atoms with E-state index in [1.165, 1.54) is 0 Å². The Bertz CT molecular complexity index is 464. The standard InChI is InChI=1S/C13H15N3O/c1-10-3-2-6-16(13(10)17)9-11-4-5-15-12(7-11)8-14/h4-5,7,10H,2-3,6,9H2,1H3. The first-order chi connectivity index (χ1) is 8.20. The second kappa shape index (κ2) is 4.96. The van der Waals surface area contributed by atoms with Crippen molar-refractivity contribution in [2.24, 2.45) is 5.92 Å². The maximum Gasteiger partial charge on any atom is 0.225 e. The summed E-state index contributed by atoms with van der Waals surface area (Å²) >= 11 is 0. The van der Waals surface area contributed by atoms with Gasteiger partial charge >= 0.3 is 0 Å². The molecule has 0 spiro atoms. The zero-order chi connectivity index (χ0) is 12.3. The molecule has 0 bridgehead atoms. The third-order valence-corrected chi connectivity index (χ3v) is 3.11. The van der Waals surface area contributed by atoms with Crippen molar-refractivity contribution in [3.63, 3.8) is 0 Å². The molecule has 1 aliphatic rings. The molecular weight excluding hydrogens is 214 g/mol. The van der Waals surface area contributed by atoms with E-state index in [4.69, 9.17) is 5.26 Å². The van der Waals surface area contributed by atoms with Crippen molar-refractivity contribution < 1.29 is 4.79 Å². The van der Waals surface area contributed by atoms with Crippen LogP contribution in [0.5, 0.6) is 0 Å². The van der Waals surface area contributed by atoms with E-state index < -0.39 is 0 Å². The maximum absolute atomic E-state index is 11.9. The highest BCUT2D eigenvalue weighted by molar-refractivity contribution is 5.79. The molecule has 0 N–H and O–H groups in total.